The van der Waals surface area contributed by atoms with Gasteiger partial charge in [0.15, 0.2) is 0 Å². The maximum Gasteiger partial charge on any atom is 0.115 e. The highest BCUT2D eigenvalue weighted by atomic mass is 35.5. The second kappa shape index (κ2) is 4.78. The second-order valence-corrected chi connectivity index (χ2v) is 5.99. The molecule has 0 atom stereocenters. The summed E-state index contributed by atoms with van der Waals surface area (Å²) in [5, 5.41) is 10.2. The maximum absolute atomic E-state index is 9.39. The van der Waals surface area contributed by atoms with E-state index in [0.717, 1.165) is 33.9 Å². The van der Waals surface area contributed by atoms with Crippen molar-refractivity contribution in [3.05, 3.63) is 58.9 Å². The topological polar surface area (TPSA) is 38.1 Å². The molecule has 0 bridgehead atoms. The molecule has 2 aromatic carbocycles. The fourth-order valence-electron chi connectivity index (χ4n) is 2.80. The number of aromatic hydroxyl groups is 1. The number of fused-ring (bicyclic) bond motifs is 1. The van der Waals surface area contributed by atoms with Crippen molar-refractivity contribution in [3.63, 3.8) is 0 Å². The molecule has 1 aliphatic rings. The Morgan fingerprint density at radius 3 is 2.62 bits per heavy atom. The first kappa shape index (κ1) is 12.7. The third-order valence-electron chi connectivity index (χ3n) is 3.94. The average Bonchev–Trinajstić information content (AvgIpc) is 3.24. The van der Waals surface area contributed by atoms with E-state index in [9.17, 15) is 5.11 Å². The van der Waals surface area contributed by atoms with Crippen molar-refractivity contribution in [3.8, 4) is 5.75 Å². The zero-order valence-corrected chi connectivity index (χ0v) is 12.2. The van der Waals surface area contributed by atoms with Crippen molar-refractivity contribution < 1.29 is 5.11 Å². The number of aromatic nitrogens is 2. The highest BCUT2D eigenvalue weighted by molar-refractivity contribution is 6.35. The molecule has 1 saturated carbocycles. The molecule has 0 spiro atoms. The summed E-state index contributed by atoms with van der Waals surface area (Å²) in [5.74, 6) is 1.34. The Balaban J connectivity index is 1.82. The van der Waals surface area contributed by atoms with Crippen LogP contribution in [0.15, 0.2) is 42.5 Å². The van der Waals surface area contributed by atoms with Gasteiger partial charge in [0.2, 0.25) is 0 Å². The van der Waals surface area contributed by atoms with Crippen molar-refractivity contribution >= 4 is 22.6 Å². The van der Waals surface area contributed by atoms with E-state index in [1.807, 2.05) is 30.3 Å². The third kappa shape index (κ3) is 2.28. The van der Waals surface area contributed by atoms with Gasteiger partial charge < -0.3 is 9.67 Å². The van der Waals surface area contributed by atoms with Gasteiger partial charge >= 0.3 is 0 Å². The van der Waals surface area contributed by atoms with Gasteiger partial charge in [-0.2, -0.15) is 0 Å². The molecule has 1 heterocycles. The van der Waals surface area contributed by atoms with Crippen LogP contribution in [0.2, 0.25) is 5.02 Å². The molecule has 3 nitrogen and oxygen atoms in total. The highest BCUT2D eigenvalue weighted by Crippen LogP contribution is 2.40. The first-order valence-corrected chi connectivity index (χ1v) is 7.53. The van der Waals surface area contributed by atoms with Crippen molar-refractivity contribution in [2.75, 3.05) is 0 Å². The van der Waals surface area contributed by atoms with Gasteiger partial charge in [-0.15, -0.1) is 0 Å². The minimum absolute atomic E-state index is 0.289. The van der Waals surface area contributed by atoms with Crippen LogP contribution in [0, 0.1) is 0 Å². The minimum Gasteiger partial charge on any atom is -0.508 e. The number of para-hydroxylation sites is 1. The molecule has 0 aliphatic heterocycles. The molecule has 1 fully saturated rings. The zero-order chi connectivity index (χ0) is 14.4. The molecule has 0 radical (unpaired) electrons. The first-order chi connectivity index (χ1) is 10.2. The highest BCUT2D eigenvalue weighted by Gasteiger charge is 2.29. The van der Waals surface area contributed by atoms with Crippen molar-refractivity contribution in [1.29, 1.82) is 0 Å². The Kier molecular flexibility index (Phi) is 2.89. The van der Waals surface area contributed by atoms with E-state index in [1.54, 1.807) is 12.1 Å². The van der Waals surface area contributed by atoms with E-state index in [-0.39, 0.29) is 5.75 Å². The Morgan fingerprint density at radius 2 is 1.90 bits per heavy atom. The van der Waals surface area contributed by atoms with Gasteiger partial charge in [0.1, 0.15) is 11.6 Å². The van der Waals surface area contributed by atoms with E-state index >= 15 is 0 Å². The molecule has 3 aromatic rings. The second-order valence-electron chi connectivity index (χ2n) is 5.58. The molecule has 1 aliphatic carbocycles. The molecule has 0 saturated heterocycles. The predicted octanol–water partition coefficient (Wildman–Crippen LogP) is 4.32. The van der Waals surface area contributed by atoms with E-state index < -0.39 is 0 Å². The van der Waals surface area contributed by atoms with Crippen LogP contribution in [0.1, 0.15) is 30.3 Å². The lowest BCUT2D eigenvalue weighted by Gasteiger charge is -2.08. The number of phenols is 1. The van der Waals surface area contributed by atoms with Gasteiger partial charge in [-0.1, -0.05) is 29.8 Å². The molecule has 0 unspecified atom stereocenters. The molecular weight excluding hydrogens is 284 g/mol. The summed E-state index contributed by atoms with van der Waals surface area (Å²) < 4.78 is 2.30. The quantitative estimate of drug-likeness (QED) is 0.782. The van der Waals surface area contributed by atoms with Gasteiger partial charge in [-0.05, 0) is 42.7 Å². The number of hydrogen-bond acceptors (Lipinski definition) is 2. The minimum atomic E-state index is 0.289. The largest absolute Gasteiger partial charge is 0.508 e. The Hall–Kier alpha value is -2.00. The summed E-state index contributed by atoms with van der Waals surface area (Å²) in [7, 11) is 0. The van der Waals surface area contributed by atoms with E-state index in [4.69, 9.17) is 16.6 Å². The molecule has 1 aromatic heterocycles. The number of imidazole rings is 1. The lowest BCUT2D eigenvalue weighted by atomic mass is 10.1. The number of halogens is 1. The summed E-state index contributed by atoms with van der Waals surface area (Å²) in [6.45, 7) is 0. The normalized spacial score (nSPS) is 14.7. The van der Waals surface area contributed by atoms with Crippen molar-refractivity contribution in [2.45, 2.75) is 25.3 Å². The van der Waals surface area contributed by atoms with E-state index in [0.29, 0.717) is 6.04 Å². The first-order valence-electron chi connectivity index (χ1n) is 7.15. The molecular formula is C17H15ClN2O. The third-order valence-corrected chi connectivity index (χ3v) is 4.25. The zero-order valence-electron chi connectivity index (χ0n) is 11.5. The van der Waals surface area contributed by atoms with Crippen LogP contribution < -0.4 is 0 Å². The van der Waals surface area contributed by atoms with E-state index in [1.165, 1.54) is 12.8 Å². The van der Waals surface area contributed by atoms with Crippen LogP contribution >= 0.6 is 11.6 Å². The van der Waals surface area contributed by atoms with Crippen molar-refractivity contribution in [2.24, 2.45) is 0 Å². The standard InChI is InChI=1S/C17H15ClN2O/c18-14-2-1-3-15-17(14)20(12-6-7-12)16(19-15)10-11-4-8-13(21)9-5-11/h1-5,8-9,12,21H,6-7,10H2. The Bertz CT molecular complexity index is 804. The average molecular weight is 299 g/mol. The monoisotopic (exact) mass is 298 g/mol. The molecule has 0 amide bonds. The number of benzene rings is 2. The van der Waals surface area contributed by atoms with Crippen LogP contribution in [0.3, 0.4) is 0 Å². The number of nitrogens with zero attached hydrogens (tertiary/aromatic N) is 2. The van der Waals surface area contributed by atoms with Crippen LogP contribution in [-0.2, 0) is 6.42 Å². The summed E-state index contributed by atoms with van der Waals surface area (Å²) in [5.41, 5.74) is 3.15. The molecule has 4 rings (SSSR count). The molecule has 4 heteroatoms. The fourth-order valence-corrected chi connectivity index (χ4v) is 3.06. The van der Waals surface area contributed by atoms with Crippen LogP contribution in [0.4, 0.5) is 0 Å². The van der Waals surface area contributed by atoms with Gasteiger partial charge in [0.25, 0.3) is 0 Å². The van der Waals surface area contributed by atoms with Crippen LogP contribution in [0.5, 0.6) is 5.75 Å². The van der Waals surface area contributed by atoms with Crippen molar-refractivity contribution in [1.82, 2.24) is 9.55 Å². The molecule has 1 N–H and O–H groups in total. The van der Waals surface area contributed by atoms with Gasteiger partial charge in [0, 0.05) is 12.5 Å². The summed E-state index contributed by atoms with van der Waals surface area (Å²) >= 11 is 6.38. The Morgan fingerprint density at radius 1 is 1.14 bits per heavy atom. The lowest BCUT2D eigenvalue weighted by molar-refractivity contribution is 0.475. The summed E-state index contributed by atoms with van der Waals surface area (Å²) in [4.78, 5) is 4.77. The summed E-state index contributed by atoms with van der Waals surface area (Å²) in [6, 6.07) is 13.7. The number of phenolic OH excluding ortho intramolecular Hbond substituents is 1. The van der Waals surface area contributed by atoms with Gasteiger partial charge in [-0.25, -0.2) is 4.98 Å². The van der Waals surface area contributed by atoms with Gasteiger partial charge in [-0.3, -0.25) is 0 Å². The fraction of sp³-hybridized carbons (Fsp3) is 0.235. The number of rotatable bonds is 3. The van der Waals surface area contributed by atoms with E-state index in [2.05, 4.69) is 4.57 Å². The summed E-state index contributed by atoms with van der Waals surface area (Å²) in [6.07, 6.45) is 3.14. The van der Waals surface area contributed by atoms with Gasteiger partial charge in [0.05, 0.1) is 16.1 Å². The smallest absolute Gasteiger partial charge is 0.115 e. The molecule has 106 valence electrons. The van der Waals surface area contributed by atoms with Crippen LogP contribution in [0.25, 0.3) is 11.0 Å². The maximum atomic E-state index is 9.39. The number of hydrogen-bond donors (Lipinski definition) is 1. The lowest BCUT2D eigenvalue weighted by Crippen LogP contribution is -2.02. The predicted molar refractivity (Wildman–Crippen MR) is 83.9 cm³/mol. The Labute approximate surface area is 127 Å². The SMILES string of the molecule is Oc1ccc(Cc2nc3cccc(Cl)c3n2C2CC2)cc1. The van der Waals surface area contributed by atoms with Crippen LogP contribution in [-0.4, -0.2) is 14.7 Å². The molecule has 21 heavy (non-hydrogen) atoms.